The first kappa shape index (κ1) is 10.4. The molecule has 0 unspecified atom stereocenters. The minimum absolute atomic E-state index is 0.0730. The molecule has 2 aliphatic heterocycles. The monoisotopic (exact) mass is 239 g/mol. The van der Waals surface area contributed by atoms with E-state index in [0.29, 0.717) is 18.2 Å². The minimum Gasteiger partial charge on any atom is -0.493 e. The van der Waals surface area contributed by atoms with E-state index in [9.17, 15) is 0 Å². The molecule has 0 amide bonds. The zero-order chi connectivity index (χ0) is 11.0. The summed E-state index contributed by atoms with van der Waals surface area (Å²) in [6.45, 7) is 3.10. The molecule has 0 aromatic heterocycles. The molecule has 16 heavy (non-hydrogen) atoms. The van der Waals surface area contributed by atoms with Gasteiger partial charge in [-0.15, -0.1) is 0 Å². The van der Waals surface area contributed by atoms with Crippen LogP contribution < -0.4 is 10.1 Å². The van der Waals surface area contributed by atoms with Crippen LogP contribution in [0.1, 0.15) is 12.0 Å². The van der Waals surface area contributed by atoms with E-state index < -0.39 is 0 Å². The van der Waals surface area contributed by atoms with E-state index in [4.69, 9.17) is 21.1 Å². The summed E-state index contributed by atoms with van der Waals surface area (Å²) in [6, 6.07) is 5.83. The van der Waals surface area contributed by atoms with Crippen LogP contribution >= 0.6 is 11.6 Å². The highest BCUT2D eigenvalue weighted by atomic mass is 35.5. The summed E-state index contributed by atoms with van der Waals surface area (Å²) in [5, 5.41) is 4.28. The summed E-state index contributed by atoms with van der Waals surface area (Å²) in [6.07, 6.45) is 0.946. The molecule has 1 atom stereocenters. The number of hydrogen-bond acceptors (Lipinski definition) is 3. The first-order valence-corrected chi connectivity index (χ1v) is 5.94. The van der Waals surface area contributed by atoms with Gasteiger partial charge in [-0.2, -0.15) is 0 Å². The number of hydrogen-bond donors (Lipinski definition) is 1. The van der Waals surface area contributed by atoms with Crippen molar-refractivity contribution in [1.29, 1.82) is 0 Å². The van der Waals surface area contributed by atoms with Crippen LogP contribution in [0.2, 0.25) is 5.02 Å². The minimum atomic E-state index is -0.0730. The maximum atomic E-state index is 5.97. The molecule has 1 aromatic carbocycles. The van der Waals surface area contributed by atoms with Crippen LogP contribution in [0.4, 0.5) is 0 Å². The quantitative estimate of drug-likeness (QED) is 0.751. The number of nitrogens with one attached hydrogen (secondary N) is 1. The third-order valence-corrected chi connectivity index (χ3v) is 3.54. The summed E-state index contributed by atoms with van der Waals surface area (Å²) in [5.74, 6) is 0.886. The van der Waals surface area contributed by atoms with E-state index >= 15 is 0 Å². The van der Waals surface area contributed by atoms with Crippen LogP contribution in [0, 0.1) is 0 Å². The summed E-state index contributed by atoms with van der Waals surface area (Å²) in [4.78, 5) is 0. The van der Waals surface area contributed by atoms with Crippen LogP contribution in [0.5, 0.6) is 5.75 Å². The maximum Gasteiger partial charge on any atom is 0.125 e. The van der Waals surface area contributed by atoms with E-state index in [2.05, 4.69) is 5.32 Å². The second kappa shape index (κ2) is 3.91. The van der Waals surface area contributed by atoms with Gasteiger partial charge in [-0.05, 0) is 12.1 Å². The predicted octanol–water partition coefficient (Wildman–Crippen LogP) is 1.94. The van der Waals surface area contributed by atoms with Crippen molar-refractivity contribution in [3.63, 3.8) is 0 Å². The molecule has 86 valence electrons. The van der Waals surface area contributed by atoms with Gasteiger partial charge in [0, 0.05) is 23.6 Å². The van der Waals surface area contributed by atoms with Crippen LogP contribution in [0.15, 0.2) is 18.2 Å². The van der Waals surface area contributed by atoms with Gasteiger partial charge in [-0.3, -0.25) is 0 Å². The number of halogens is 1. The maximum absolute atomic E-state index is 5.97. The fourth-order valence-corrected chi connectivity index (χ4v) is 2.64. The molecule has 3 nitrogen and oxygen atoms in total. The lowest BCUT2D eigenvalue weighted by Gasteiger charge is -2.42. The summed E-state index contributed by atoms with van der Waals surface area (Å²) in [7, 11) is 0. The zero-order valence-electron chi connectivity index (χ0n) is 8.96. The Labute approximate surface area is 99.7 Å². The van der Waals surface area contributed by atoms with Crippen molar-refractivity contribution in [1.82, 2.24) is 5.32 Å². The number of morpholine rings is 1. The number of benzene rings is 1. The fraction of sp³-hybridized carbons (Fsp3) is 0.500. The second-order valence-electron chi connectivity index (χ2n) is 4.30. The van der Waals surface area contributed by atoms with E-state index in [-0.39, 0.29) is 5.54 Å². The van der Waals surface area contributed by atoms with Crippen molar-refractivity contribution in [3.05, 3.63) is 28.8 Å². The third kappa shape index (κ3) is 1.59. The first-order valence-electron chi connectivity index (χ1n) is 5.56. The van der Waals surface area contributed by atoms with Crippen molar-refractivity contribution in [2.24, 2.45) is 0 Å². The third-order valence-electron chi connectivity index (χ3n) is 3.30. The van der Waals surface area contributed by atoms with Gasteiger partial charge < -0.3 is 14.8 Å². The highest BCUT2D eigenvalue weighted by Gasteiger charge is 2.39. The Morgan fingerprint density at radius 2 is 2.25 bits per heavy atom. The van der Waals surface area contributed by atoms with Gasteiger partial charge in [0.05, 0.1) is 25.4 Å². The lowest BCUT2D eigenvalue weighted by molar-refractivity contribution is 0.00565. The molecule has 1 N–H and O–H groups in total. The molecule has 4 heteroatoms. The van der Waals surface area contributed by atoms with E-state index in [1.165, 1.54) is 5.56 Å². The lowest BCUT2D eigenvalue weighted by Crippen LogP contribution is -2.53. The van der Waals surface area contributed by atoms with E-state index in [1.54, 1.807) is 0 Å². The number of rotatable bonds is 0. The molecule has 0 saturated carbocycles. The normalized spacial score (nSPS) is 28.6. The predicted molar refractivity (Wildman–Crippen MR) is 62.1 cm³/mol. The molecule has 2 aliphatic rings. The topological polar surface area (TPSA) is 30.5 Å². The van der Waals surface area contributed by atoms with Gasteiger partial charge >= 0.3 is 0 Å². The van der Waals surface area contributed by atoms with Crippen LogP contribution in [-0.4, -0.2) is 26.4 Å². The molecule has 0 aliphatic carbocycles. The molecular weight excluding hydrogens is 226 g/mol. The Morgan fingerprint density at radius 3 is 3.06 bits per heavy atom. The van der Waals surface area contributed by atoms with Crippen LogP contribution in [0.25, 0.3) is 0 Å². The average Bonchev–Trinajstić information content (AvgIpc) is 2.30. The molecule has 1 spiro atoms. The molecular formula is C12H14ClNO2. The average molecular weight is 240 g/mol. The Morgan fingerprint density at radius 1 is 1.31 bits per heavy atom. The van der Waals surface area contributed by atoms with Gasteiger partial charge in [-0.1, -0.05) is 17.7 Å². The second-order valence-corrected chi connectivity index (χ2v) is 4.74. The van der Waals surface area contributed by atoms with Crippen LogP contribution in [0.3, 0.4) is 0 Å². The van der Waals surface area contributed by atoms with Crippen LogP contribution in [-0.2, 0) is 10.3 Å². The summed E-state index contributed by atoms with van der Waals surface area (Å²) in [5.41, 5.74) is 1.10. The Bertz CT molecular complexity index is 402. The van der Waals surface area contributed by atoms with E-state index in [0.717, 1.165) is 25.3 Å². The van der Waals surface area contributed by atoms with Gasteiger partial charge in [-0.25, -0.2) is 0 Å². The van der Waals surface area contributed by atoms with Crippen molar-refractivity contribution in [2.45, 2.75) is 12.0 Å². The molecule has 0 bridgehead atoms. The summed E-state index contributed by atoms with van der Waals surface area (Å²) < 4.78 is 11.3. The van der Waals surface area contributed by atoms with Gasteiger partial charge in [0.25, 0.3) is 0 Å². The highest BCUT2D eigenvalue weighted by Crippen LogP contribution is 2.39. The Hall–Kier alpha value is -0.770. The molecule has 1 saturated heterocycles. The lowest BCUT2D eigenvalue weighted by atomic mass is 9.84. The van der Waals surface area contributed by atoms with Crippen molar-refractivity contribution < 1.29 is 9.47 Å². The summed E-state index contributed by atoms with van der Waals surface area (Å²) >= 11 is 5.97. The van der Waals surface area contributed by atoms with Gasteiger partial charge in [0.15, 0.2) is 0 Å². The molecule has 3 rings (SSSR count). The van der Waals surface area contributed by atoms with Gasteiger partial charge in [0.2, 0.25) is 0 Å². The molecule has 2 heterocycles. The first-order chi connectivity index (χ1) is 7.80. The molecule has 1 fully saturated rings. The zero-order valence-corrected chi connectivity index (χ0v) is 9.72. The molecule has 0 radical (unpaired) electrons. The van der Waals surface area contributed by atoms with Crippen molar-refractivity contribution in [2.75, 3.05) is 26.4 Å². The number of ether oxygens (including phenoxy) is 2. The molecule has 1 aromatic rings. The van der Waals surface area contributed by atoms with E-state index in [1.807, 2.05) is 18.2 Å². The number of fused-ring (bicyclic) bond motifs is 2. The SMILES string of the molecule is Clc1ccc2c(c1)OCC[C@]21COCCN1. The fourth-order valence-electron chi connectivity index (χ4n) is 2.47. The largest absolute Gasteiger partial charge is 0.493 e. The Balaban J connectivity index is 2.04. The highest BCUT2D eigenvalue weighted by molar-refractivity contribution is 6.30. The van der Waals surface area contributed by atoms with Gasteiger partial charge in [0.1, 0.15) is 5.75 Å². The smallest absolute Gasteiger partial charge is 0.125 e. The standard InChI is InChI=1S/C12H14ClNO2/c13-9-1-2-10-11(7-9)16-5-3-12(10)8-15-6-4-14-12/h1-2,7,14H,3-6,8H2/t12-/m0/s1. The van der Waals surface area contributed by atoms with Crippen molar-refractivity contribution >= 4 is 11.6 Å². The van der Waals surface area contributed by atoms with Crippen molar-refractivity contribution in [3.8, 4) is 5.75 Å². The Kier molecular flexibility index (Phi) is 2.54.